The van der Waals surface area contributed by atoms with E-state index in [1.165, 1.54) is 0 Å². The van der Waals surface area contributed by atoms with Crippen molar-refractivity contribution in [3.8, 4) is 0 Å². The van der Waals surface area contributed by atoms with Gasteiger partial charge in [-0.2, -0.15) is 5.01 Å². The first kappa shape index (κ1) is 23.3. The molecule has 9 heteroatoms. The van der Waals surface area contributed by atoms with Crippen molar-refractivity contribution < 1.29 is 28.6 Å². The summed E-state index contributed by atoms with van der Waals surface area (Å²) in [5, 5.41) is 1.53. The Morgan fingerprint density at radius 1 is 1.10 bits per heavy atom. The van der Waals surface area contributed by atoms with Crippen LogP contribution in [0, 0.1) is 0 Å². The summed E-state index contributed by atoms with van der Waals surface area (Å²) in [6.07, 6.45) is -0.0768. The summed E-state index contributed by atoms with van der Waals surface area (Å²) < 4.78 is 15.3. The number of allylic oxidation sites excluding steroid dienone is 2. The van der Waals surface area contributed by atoms with Gasteiger partial charge in [-0.1, -0.05) is 32.0 Å². The fraction of sp³-hybridized carbons (Fsp3) is 0.381. The lowest BCUT2D eigenvalue weighted by atomic mass is 10.1. The molecule has 0 atom stereocenters. The Kier molecular flexibility index (Phi) is 8.73. The summed E-state index contributed by atoms with van der Waals surface area (Å²) in [5.74, 6) is -0.193. The molecular weight excluding hydrogens is 412 g/mol. The first-order chi connectivity index (χ1) is 14.4. The molecule has 1 N–H and O–H groups in total. The first-order valence-electron chi connectivity index (χ1n) is 9.66. The SMILES string of the molecule is C=C(C1=C(OC(=O)OCCC)CCC1=O)N(Nc1ccc(Cl)cc1)C(=O)OCCC. The summed E-state index contributed by atoms with van der Waals surface area (Å²) in [4.78, 5) is 37.0. The number of carbonyl (C=O) groups excluding carboxylic acids is 3. The van der Waals surface area contributed by atoms with E-state index in [0.29, 0.717) is 23.6 Å². The molecule has 0 bridgehead atoms. The number of Topliss-reactive ketones (excluding diaryl/α,β-unsaturated/α-hetero) is 1. The van der Waals surface area contributed by atoms with Crippen LogP contribution in [0.15, 0.2) is 47.9 Å². The van der Waals surface area contributed by atoms with E-state index in [-0.39, 0.29) is 48.9 Å². The van der Waals surface area contributed by atoms with E-state index in [9.17, 15) is 14.4 Å². The van der Waals surface area contributed by atoms with Crippen molar-refractivity contribution in [2.24, 2.45) is 0 Å². The summed E-state index contributed by atoms with van der Waals surface area (Å²) in [7, 11) is 0. The van der Waals surface area contributed by atoms with Crippen molar-refractivity contribution in [3.63, 3.8) is 0 Å². The van der Waals surface area contributed by atoms with Gasteiger partial charge in [-0.3, -0.25) is 10.2 Å². The Hall–Kier alpha value is -3.00. The van der Waals surface area contributed by atoms with E-state index < -0.39 is 12.2 Å². The molecule has 0 saturated carbocycles. The molecule has 0 fully saturated rings. The number of nitrogens with zero attached hydrogens (tertiary/aromatic N) is 1. The standard InChI is InChI=1S/C21H25ClN2O6/c1-4-12-28-20(26)24(23-16-8-6-15(22)7-9-16)14(3)19-17(25)10-11-18(19)30-21(27)29-13-5-2/h6-9,23H,3-5,10-13H2,1-2H3. The van der Waals surface area contributed by atoms with E-state index in [4.69, 9.17) is 25.8 Å². The van der Waals surface area contributed by atoms with Crippen LogP contribution in [0.5, 0.6) is 0 Å². The van der Waals surface area contributed by atoms with E-state index in [2.05, 4.69) is 12.0 Å². The zero-order chi connectivity index (χ0) is 22.1. The number of anilines is 1. The monoisotopic (exact) mass is 436 g/mol. The minimum absolute atomic E-state index is 0.00634. The van der Waals surface area contributed by atoms with Crippen LogP contribution in [0.4, 0.5) is 15.3 Å². The maximum absolute atomic E-state index is 12.6. The molecule has 162 valence electrons. The Labute approximate surface area is 180 Å². The Balaban J connectivity index is 2.29. The average molecular weight is 437 g/mol. The van der Waals surface area contributed by atoms with Gasteiger partial charge in [-0.05, 0) is 37.1 Å². The van der Waals surface area contributed by atoms with E-state index in [0.717, 1.165) is 5.01 Å². The molecule has 0 heterocycles. The van der Waals surface area contributed by atoms with Crippen molar-refractivity contribution in [2.45, 2.75) is 39.5 Å². The third kappa shape index (κ3) is 6.25. The molecule has 0 spiro atoms. The van der Waals surface area contributed by atoms with Crippen molar-refractivity contribution in [3.05, 3.63) is 52.9 Å². The highest BCUT2D eigenvalue weighted by atomic mass is 35.5. The van der Waals surface area contributed by atoms with Gasteiger partial charge < -0.3 is 14.2 Å². The molecule has 0 aliphatic heterocycles. The fourth-order valence-electron chi connectivity index (χ4n) is 2.61. The van der Waals surface area contributed by atoms with E-state index in [1.807, 2.05) is 13.8 Å². The minimum Gasteiger partial charge on any atom is -0.448 e. The molecule has 1 amide bonds. The average Bonchev–Trinajstić information content (AvgIpc) is 3.09. The molecule has 0 aromatic heterocycles. The zero-order valence-electron chi connectivity index (χ0n) is 17.0. The van der Waals surface area contributed by atoms with Crippen LogP contribution in [-0.2, 0) is 19.0 Å². The summed E-state index contributed by atoms with van der Waals surface area (Å²) in [5.41, 5.74) is 3.43. The predicted octanol–water partition coefficient (Wildman–Crippen LogP) is 5.21. The van der Waals surface area contributed by atoms with Gasteiger partial charge in [0.2, 0.25) is 0 Å². The third-order valence-electron chi connectivity index (χ3n) is 4.02. The second-order valence-electron chi connectivity index (χ2n) is 6.44. The molecule has 1 aliphatic carbocycles. The number of hydrogen-bond acceptors (Lipinski definition) is 7. The Bertz CT molecular complexity index is 834. The molecule has 2 rings (SSSR count). The first-order valence-corrected chi connectivity index (χ1v) is 10.0. The van der Waals surface area contributed by atoms with Crippen LogP contribution < -0.4 is 5.43 Å². The third-order valence-corrected chi connectivity index (χ3v) is 4.28. The minimum atomic E-state index is -0.905. The van der Waals surface area contributed by atoms with Gasteiger partial charge in [-0.15, -0.1) is 0 Å². The van der Waals surface area contributed by atoms with Crippen molar-refractivity contribution >= 4 is 35.3 Å². The number of hydrazine groups is 1. The molecule has 0 saturated heterocycles. The summed E-state index contributed by atoms with van der Waals surface area (Å²) in [6.45, 7) is 7.96. The molecule has 1 aliphatic rings. The van der Waals surface area contributed by atoms with E-state index >= 15 is 0 Å². The van der Waals surface area contributed by atoms with Gasteiger partial charge in [0.15, 0.2) is 5.78 Å². The van der Waals surface area contributed by atoms with E-state index in [1.54, 1.807) is 24.3 Å². The number of hydrogen-bond donors (Lipinski definition) is 1. The molecule has 0 radical (unpaired) electrons. The van der Waals surface area contributed by atoms with Gasteiger partial charge in [0, 0.05) is 17.9 Å². The summed E-state index contributed by atoms with van der Waals surface area (Å²) >= 11 is 5.91. The molecule has 30 heavy (non-hydrogen) atoms. The predicted molar refractivity (Wildman–Crippen MR) is 112 cm³/mol. The van der Waals surface area contributed by atoms with Crippen LogP contribution in [0.1, 0.15) is 39.5 Å². The van der Waals surface area contributed by atoms with Crippen molar-refractivity contribution in [1.29, 1.82) is 0 Å². The number of nitrogens with one attached hydrogen (secondary N) is 1. The smallest absolute Gasteiger partial charge is 0.448 e. The summed E-state index contributed by atoms with van der Waals surface area (Å²) in [6, 6.07) is 6.58. The number of benzene rings is 1. The second kappa shape index (κ2) is 11.3. The number of ketones is 1. The lowest BCUT2D eigenvalue weighted by molar-refractivity contribution is -0.114. The van der Waals surface area contributed by atoms with Gasteiger partial charge in [-0.25, -0.2) is 9.59 Å². The number of amides is 1. The van der Waals surface area contributed by atoms with Crippen LogP contribution in [-0.4, -0.2) is 36.3 Å². The topological polar surface area (TPSA) is 94.2 Å². The zero-order valence-corrected chi connectivity index (χ0v) is 17.8. The van der Waals surface area contributed by atoms with Crippen LogP contribution in [0.3, 0.4) is 0 Å². The van der Waals surface area contributed by atoms with Crippen molar-refractivity contribution in [1.82, 2.24) is 5.01 Å². The maximum atomic E-state index is 12.6. The highest BCUT2D eigenvalue weighted by molar-refractivity contribution is 6.30. The highest BCUT2D eigenvalue weighted by Gasteiger charge is 2.33. The lowest BCUT2D eigenvalue weighted by Crippen LogP contribution is -2.37. The normalized spacial score (nSPS) is 13.1. The molecular formula is C21H25ClN2O6. The second-order valence-corrected chi connectivity index (χ2v) is 6.87. The Morgan fingerprint density at radius 3 is 2.37 bits per heavy atom. The number of ether oxygens (including phenoxy) is 3. The number of rotatable bonds is 9. The molecule has 0 unspecified atom stereocenters. The largest absolute Gasteiger partial charge is 0.513 e. The number of carbonyl (C=O) groups is 3. The van der Waals surface area contributed by atoms with Crippen LogP contribution in [0.2, 0.25) is 5.02 Å². The lowest BCUT2D eigenvalue weighted by Gasteiger charge is -2.26. The van der Waals surface area contributed by atoms with Crippen molar-refractivity contribution in [2.75, 3.05) is 18.6 Å². The molecule has 1 aromatic carbocycles. The molecule has 8 nitrogen and oxygen atoms in total. The van der Waals surface area contributed by atoms with Gasteiger partial charge >= 0.3 is 12.2 Å². The van der Waals surface area contributed by atoms with Crippen LogP contribution >= 0.6 is 11.6 Å². The van der Waals surface area contributed by atoms with Crippen LogP contribution in [0.25, 0.3) is 0 Å². The highest BCUT2D eigenvalue weighted by Crippen LogP contribution is 2.31. The van der Waals surface area contributed by atoms with Gasteiger partial charge in [0.25, 0.3) is 0 Å². The fourth-order valence-corrected chi connectivity index (χ4v) is 2.74. The van der Waals surface area contributed by atoms with Gasteiger partial charge in [0.05, 0.1) is 30.2 Å². The van der Waals surface area contributed by atoms with Gasteiger partial charge in [0.1, 0.15) is 5.76 Å². The quantitative estimate of drug-likeness (QED) is 0.419. The number of halogens is 1. The maximum Gasteiger partial charge on any atom is 0.513 e. The molecule has 1 aromatic rings. The Morgan fingerprint density at radius 2 is 1.73 bits per heavy atom.